The Balaban J connectivity index is 2.64. The lowest BCUT2D eigenvalue weighted by molar-refractivity contribution is 0.366. The first-order valence-corrected chi connectivity index (χ1v) is 7.00. The predicted octanol–water partition coefficient (Wildman–Crippen LogP) is 2.20. The van der Waals surface area contributed by atoms with Gasteiger partial charge in [-0.05, 0) is 33.6 Å². The Morgan fingerprint density at radius 2 is 2.22 bits per heavy atom. The lowest BCUT2D eigenvalue weighted by Crippen LogP contribution is -2.22. The standard InChI is InChI=1S/C13H25ClN4/c1-5-15-7-6-11(2)13-12(14)10-16-18(13)9-8-17(3)4/h10-11,15H,5-9H2,1-4H3. The Kier molecular flexibility index (Phi) is 6.68. The fraction of sp³-hybridized carbons (Fsp3) is 0.769. The zero-order chi connectivity index (χ0) is 13.5. The monoisotopic (exact) mass is 272 g/mol. The summed E-state index contributed by atoms with van der Waals surface area (Å²) in [6, 6.07) is 0. The number of halogens is 1. The van der Waals surface area contributed by atoms with Crippen LogP contribution in [0, 0.1) is 0 Å². The van der Waals surface area contributed by atoms with Crippen LogP contribution in [0.5, 0.6) is 0 Å². The van der Waals surface area contributed by atoms with E-state index in [9.17, 15) is 0 Å². The Hall–Kier alpha value is -0.580. The van der Waals surface area contributed by atoms with Crippen molar-refractivity contribution in [1.82, 2.24) is 20.0 Å². The topological polar surface area (TPSA) is 33.1 Å². The highest BCUT2D eigenvalue weighted by atomic mass is 35.5. The lowest BCUT2D eigenvalue weighted by atomic mass is 10.0. The van der Waals surface area contributed by atoms with E-state index in [-0.39, 0.29) is 0 Å². The fourth-order valence-electron chi connectivity index (χ4n) is 1.97. The summed E-state index contributed by atoms with van der Waals surface area (Å²) in [5.41, 5.74) is 1.16. The molecule has 0 spiro atoms. The number of hydrogen-bond donors (Lipinski definition) is 1. The summed E-state index contributed by atoms with van der Waals surface area (Å²) < 4.78 is 2.04. The Bertz CT molecular complexity index is 349. The van der Waals surface area contributed by atoms with Crippen LogP contribution in [0.2, 0.25) is 5.02 Å². The van der Waals surface area contributed by atoms with Crippen molar-refractivity contribution in [2.24, 2.45) is 0 Å². The Morgan fingerprint density at radius 3 is 2.83 bits per heavy atom. The van der Waals surface area contributed by atoms with E-state index in [4.69, 9.17) is 11.6 Å². The molecule has 1 unspecified atom stereocenters. The molecule has 0 aliphatic carbocycles. The molecular formula is C13H25ClN4. The first-order valence-electron chi connectivity index (χ1n) is 6.62. The molecule has 1 rings (SSSR count). The van der Waals surface area contributed by atoms with E-state index in [0.29, 0.717) is 5.92 Å². The molecular weight excluding hydrogens is 248 g/mol. The van der Waals surface area contributed by atoms with E-state index >= 15 is 0 Å². The van der Waals surface area contributed by atoms with Crippen LogP contribution in [0.15, 0.2) is 6.20 Å². The molecule has 0 amide bonds. The molecule has 0 aliphatic rings. The highest BCUT2D eigenvalue weighted by Gasteiger charge is 2.16. The van der Waals surface area contributed by atoms with Gasteiger partial charge < -0.3 is 10.2 Å². The number of likely N-dealkylation sites (N-methyl/N-ethyl adjacent to an activating group) is 1. The second-order valence-corrected chi connectivity index (χ2v) is 5.35. The highest BCUT2D eigenvalue weighted by molar-refractivity contribution is 6.31. The molecule has 0 aromatic carbocycles. The molecule has 0 bridgehead atoms. The Labute approximate surface area is 115 Å². The normalized spacial score (nSPS) is 13.2. The first kappa shape index (κ1) is 15.5. The quantitative estimate of drug-likeness (QED) is 0.737. The van der Waals surface area contributed by atoms with Crippen molar-refractivity contribution in [3.05, 3.63) is 16.9 Å². The van der Waals surface area contributed by atoms with Gasteiger partial charge in [-0.3, -0.25) is 4.68 Å². The van der Waals surface area contributed by atoms with Crippen LogP contribution in [-0.2, 0) is 6.54 Å². The number of nitrogens with zero attached hydrogens (tertiary/aromatic N) is 3. The van der Waals surface area contributed by atoms with Crippen molar-refractivity contribution in [3.8, 4) is 0 Å². The van der Waals surface area contributed by atoms with Gasteiger partial charge in [-0.2, -0.15) is 5.10 Å². The van der Waals surface area contributed by atoms with Crippen LogP contribution >= 0.6 is 11.6 Å². The summed E-state index contributed by atoms with van der Waals surface area (Å²) in [6.07, 6.45) is 2.84. The third kappa shape index (κ3) is 4.59. The smallest absolute Gasteiger partial charge is 0.0820 e. The maximum Gasteiger partial charge on any atom is 0.0820 e. The van der Waals surface area contributed by atoms with Crippen molar-refractivity contribution in [1.29, 1.82) is 0 Å². The second kappa shape index (κ2) is 7.77. The number of hydrogen-bond acceptors (Lipinski definition) is 3. The SMILES string of the molecule is CCNCCC(C)c1c(Cl)cnn1CCN(C)C. The maximum atomic E-state index is 6.25. The molecule has 104 valence electrons. The van der Waals surface area contributed by atoms with Gasteiger partial charge in [-0.25, -0.2) is 0 Å². The molecule has 1 aromatic rings. The van der Waals surface area contributed by atoms with Crippen molar-refractivity contribution in [2.45, 2.75) is 32.7 Å². The summed E-state index contributed by atoms with van der Waals surface area (Å²) >= 11 is 6.25. The summed E-state index contributed by atoms with van der Waals surface area (Å²) in [5.74, 6) is 0.432. The number of aromatic nitrogens is 2. The predicted molar refractivity (Wildman–Crippen MR) is 77.4 cm³/mol. The second-order valence-electron chi connectivity index (χ2n) is 4.95. The number of rotatable bonds is 8. The molecule has 18 heavy (non-hydrogen) atoms. The van der Waals surface area contributed by atoms with E-state index in [2.05, 4.69) is 43.3 Å². The van der Waals surface area contributed by atoms with Crippen LogP contribution in [0.3, 0.4) is 0 Å². The zero-order valence-electron chi connectivity index (χ0n) is 11.9. The molecule has 4 nitrogen and oxygen atoms in total. The van der Waals surface area contributed by atoms with Crippen molar-refractivity contribution >= 4 is 11.6 Å². The largest absolute Gasteiger partial charge is 0.317 e. The number of nitrogens with one attached hydrogen (secondary N) is 1. The third-order valence-corrected chi connectivity index (χ3v) is 3.35. The molecule has 0 aliphatic heterocycles. The molecule has 0 fully saturated rings. The van der Waals surface area contributed by atoms with E-state index in [1.165, 1.54) is 0 Å². The van der Waals surface area contributed by atoms with Gasteiger partial charge in [0.2, 0.25) is 0 Å². The van der Waals surface area contributed by atoms with Gasteiger partial charge in [0.15, 0.2) is 0 Å². The third-order valence-electron chi connectivity index (χ3n) is 3.06. The lowest BCUT2D eigenvalue weighted by Gasteiger charge is -2.17. The first-order chi connectivity index (χ1) is 8.56. The van der Waals surface area contributed by atoms with Gasteiger partial charge in [0.05, 0.1) is 23.5 Å². The summed E-state index contributed by atoms with van der Waals surface area (Å²) in [7, 11) is 4.14. The molecule has 0 saturated heterocycles. The van der Waals surface area contributed by atoms with Gasteiger partial charge >= 0.3 is 0 Å². The van der Waals surface area contributed by atoms with Gasteiger partial charge in [-0.1, -0.05) is 25.4 Å². The molecule has 1 atom stereocenters. The van der Waals surface area contributed by atoms with Crippen LogP contribution in [0.1, 0.15) is 31.9 Å². The molecule has 1 aromatic heterocycles. The maximum absolute atomic E-state index is 6.25. The summed E-state index contributed by atoms with van der Waals surface area (Å²) in [4.78, 5) is 2.16. The van der Waals surface area contributed by atoms with Gasteiger partial charge in [0.25, 0.3) is 0 Å². The molecule has 0 saturated carbocycles. The Morgan fingerprint density at radius 1 is 1.50 bits per heavy atom. The van der Waals surface area contributed by atoms with Crippen LogP contribution < -0.4 is 5.32 Å². The molecule has 0 radical (unpaired) electrons. The average molecular weight is 273 g/mol. The fourth-order valence-corrected chi connectivity index (χ4v) is 2.29. The van der Waals surface area contributed by atoms with Gasteiger partial charge in [-0.15, -0.1) is 0 Å². The molecule has 1 N–H and O–H groups in total. The van der Waals surface area contributed by atoms with Gasteiger partial charge in [0, 0.05) is 12.5 Å². The van der Waals surface area contributed by atoms with E-state index in [0.717, 1.165) is 43.3 Å². The minimum absolute atomic E-state index is 0.432. The summed E-state index contributed by atoms with van der Waals surface area (Å²) in [6.45, 7) is 8.24. The van der Waals surface area contributed by atoms with Crippen LogP contribution in [-0.4, -0.2) is 48.4 Å². The van der Waals surface area contributed by atoms with Crippen molar-refractivity contribution < 1.29 is 0 Å². The minimum Gasteiger partial charge on any atom is -0.317 e. The molecule has 5 heteroatoms. The average Bonchev–Trinajstić information content (AvgIpc) is 2.68. The van der Waals surface area contributed by atoms with Crippen LogP contribution in [0.4, 0.5) is 0 Å². The zero-order valence-corrected chi connectivity index (χ0v) is 12.7. The van der Waals surface area contributed by atoms with E-state index in [1.807, 2.05) is 4.68 Å². The highest BCUT2D eigenvalue weighted by Crippen LogP contribution is 2.26. The van der Waals surface area contributed by atoms with E-state index in [1.54, 1.807) is 6.20 Å². The minimum atomic E-state index is 0.432. The van der Waals surface area contributed by atoms with E-state index < -0.39 is 0 Å². The van der Waals surface area contributed by atoms with Crippen molar-refractivity contribution in [2.75, 3.05) is 33.7 Å². The van der Waals surface area contributed by atoms with Crippen LogP contribution in [0.25, 0.3) is 0 Å². The summed E-state index contributed by atoms with van der Waals surface area (Å²) in [5, 5.41) is 8.51. The van der Waals surface area contributed by atoms with Crippen molar-refractivity contribution in [3.63, 3.8) is 0 Å². The molecule has 1 heterocycles. The van der Waals surface area contributed by atoms with Gasteiger partial charge in [0.1, 0.15) is 0 Å².